The molecule has 0 radical (unpaired) electrons. The van der Waals surface area contributed by atoms with E-state index in [4.69, 9.17) is 0 Å². The molecular weight excluding hydrogens is 318 g/mol. The molecule has 10 heteroatoms. The van der Waals surface area contributed by atoms with E-state index in [1.54, 1.807) is 0 Å². The number of sulfonamides is 1. The van der Waals surface area contributed by atoms with Gasteiger partial charge in [0.25, 0.3) is 0 Å². The SMILES string of the molecule is CCCC1SCC(C(=O)O)N1C(=O)NCCNS(C)(=O)=O. The number of aliphatic carboxylic acids is 1. The van der Waals surface area contributed by atoms with Crippen LogP contribution < -0.4 is 10.0 Å². The third kappa shape index (κ3) is 5.71. The fourth-order valence-electron chi connectivity index (χ4n) is 1.99. The van der Waals surface area contributed by atoms with Gasteiger partial charge in [-0.05, 0) is 6.42 Å². The Kier molecular flexibility index (Phi) is 6.75. The summed E-state index contributed by atoms with van der Waals surface area (Å²) < 4.78 is 24.0. The molecule has 1 aliphatic rings. The highest BCUT2D eigenvalue weighted by atomic mass is 32.2. The van der Waals surface area contributed by atoms with Gasteiger partial charge >= 0.3 is 12.0 Å². The lowest BCUT2D eigenvalue weighted by molar-refractivity contribution is -0.141. The normalized spacial score (nSPS) is 22.3. The first-order valence-corrected chi connectivity index (χ1v) is 9.55. The molecule has 1 aliphatic heterocycles. The number of nitrogens with zero attached hydrogens (tertiary/aromatic N) is 1. The summed E-state index contributed by atoms with van der Waals surface area (Å²) in [5, 5.41) is 11.6. The second kappa shape index (κ2) is 7.85. The Labute approximate surface area is 128 Å². The Morgan fingerprint density at radius 2 is 2.05 bits per heavy atom. The van der Waals surface area contributed by atoms with Crippen LogP contribution in [0.4, 0.5) is 4.79 Å². The van der Waals surface area contributed by atoms with Gasteiger partial charge in [0, 0.05) is 18.8 Å². The molecule has 1 fully saturated rings. The summed E-state index contributed by atoms with van der Waals surface area (Å²) in [6, 6.07) is -1.31. The Hall–Kier alpha value is -1.00. The quantitative estimate of drug-likeness (QED) is 0.557. The van der Waals surface area contributed by atoms with Crippen LogP contribution in [0.1, 0.15) is 19.8 Å². The topological polar surface area (TPSA) is 116 Å². The standard InChI is InChI=1S/C11H21N3O5S2/c1-3-4-9-14(8(7-20-9)10(15)16)11(17)12-5-6-13-21(2,18)19/h8-9,13H,3-7H2,1-2H3,(H,12,17)(H,15,16). The average molecular weight is 339 g/mol. The van der Waals surface area contributed by atoms with E-state index in [2.05, 4.69) is 10.0 Å². The summed E-state index contributed by atoms with van der Waals surface area (Å²) in [4.78, 5) is 24.7. The van der Waals surface area contributed by atoms with Crippen LogP contribution in [0.2, 0.25) is 0 Å². The highest BCUT2D eigenvalue weighted by molar-refractivity contribution is 8.00. The van der Waals surface area contributed by atoms with E-state index in [0.717, 1.165) is 19.1 Å². The Morgan fingerprint density at radius 1 is 1.38 bits per heavy atom. The molecule has 3 N–H and O–H groups in total. The lowest BCUT2D eigenvalue weighted by atomic mass is 10.2. The molecule has 0 bridgehead atoms. The summed E-state index contributed by atoms with van der Waals surface area (Å²) in [5.41, 5.74) is 0. The zero-order valence-electron chi connectivity index (χ0n) is 12.0. The fourth-order valence-corrected chi connectivity index (χ4v) is 3.98. The van der Waals surface area contributed by atoms with Crippen molar-refractivity contribution in [1.29, 1.82) is 0 Å². The van der Waals surface area contributed by atoms with Crippen LogP contribution in [-0.2, 0) is 14.8 Å². The third-order valence-corrected chi connectivity index (χ3v) is 5.00. The number of carboxylic acids is 1. The summed E-state index contributed by atoms with van der Waals surface area (Å²) in [7, 11) is -3.30. The molecular formula is C11H21N3O5S2. The van der Waals surface area contributed by atoms with E-state index >= 15 is 0 Å². The first kappa shape index (κ1) is 18.1. The number of nitrogens with one attached hydrogen (secondary N) is 2. The van der Waals surface area contributed by atoms with E-state index in [1.807, 2.05) is 6.92 Å². The fraction of sp³-hybridized carbons (Fsp3) is 0.818. The van der Waals surface area contributed by atoms with E-state index < -0.39 is 28.1 Å². The summed E-state index contributed by atoms with van der Waals surface area (Å²) in [6.07, 6.45) is 2.61. The van der Waals surface area contributed by atoms with Gasteiger partial charge in [-0.25, -0.2) is 22.7 Å². The number of carboxylic acid groups (broad SMARTS) is 1. The van der Waals surface area contributed by atoms with E-state index in [9.17, 15) is 23.1 Å². The molecule has 2 unspecified atom stereocenters. The molecule has 0 aromatic rings. The minimum atomic E-state index is -3.30. The van der Waals surface area contributed by atoms with Gasteiger partial charge in [0.05, 0.1) is 11.6 Å². The van der Waals surface area contributed by atoms with Crippen molar-refractivity contribution >= 4 is 33.8 Å². The maximum Gasteiger partial charge on any atom is 0.327 e. The molecule has 0 aromatic carbocycles. The van der Waals surface area contributed by atoms with Crippen molar-refractivity contribution in [3.05, 3.63) is 0 Å². The zero-order valence-corrected chi connectivity index (χ0v) is 13.7. The van der Waals surface area contributed by atoms with Gasteiger partial charge in [-0.15, -0.1) is 11.8 Å². The molecule has 122 valence electrons. The number of thioether (sulfide) groups is 1. The van der Waals surface area contributed by atoms with Crippen molar-refractivity contribution in [2.45, 2.75) is 31.2 Å². The molecule has 1 rings (SSSR count). The average Bonchev–Trinajstić information content (AvgIpc) is 2.77. The van der Waals surface area contributed by atoms with Gasteiger partial charge in [-0.3, -0.25) is 4.90 Å². The highest BCUT2D eigenvalue weighted by Gasteiger charge is 2.41. The van der Waals surface area contributed by atoms with E-state index in [0.29, 0.717) is 5.75 Å². The van der Waals surface area contributed by atoms with Crippen molar-refractivity contribution in [1.82, 2.24) is 14.9 Å². The van der Waals surface area contributed by atoms with Gasteiger partial charge in [-0.1, -0.05) is 13.3 Å². The first-order chi connectivity index (χ1) is 9.76. The van der Waals surface area contributed by atoms with Crippen LogP contribution in [-0.4, -0.2) is 66.9 Å². The van der Waals surface area contributed by atoms with Crippen molar-refractivity contribution in [2.75, 3.05) is 25.1 Å². The van der Waals surface area contributed by atoms with Crippen LogP contribution in [0.3, 0.4) is 0 Å². The number of urea groups is 1. The van der Waals surface area contributed by atoms with Crippen LogP contribution in [0.5, 0.6) is 0 Å². The van der Waals surface area contributed by atoms with E-state index in [-0.39, 0.29) is 18.5 Å². The van der Waals surface area contributed by atoms with Crippen LogP contribution >= 0.6 is 11.8 Å². The lowest BCUT2D eigenvalue weighted by Gasteiger charge is -2.27. The minimum Gasteiger partial charge on any atom is -0.480 e. The molecule has 0 aliphatic carbocycles. The molecule has 2 amide bonds. The lowest BCUT2D eigenvalue weighted by Crippen LogP contribution is -2.51. The maximum atomic E-state index is 12.1. The molecule has 0 aromatic heterocycles. The van der Waals surface area contributed by atoms with Crippen LogP contribution in [0.15, 0.2) is 0 Å². The van der Waals surface area contributed by atoms with Crippen LogP contribution in [0.25, 0.3) is 0 Å². The monoisotopic (exact) mass is 339 g/mol. The molecule has 0 saturated carbocycles. The number of hydrogen-bond acceptors (Lipinski definition) is 5. The highest BCUT2D eigenvalue weighted by Crippen LogP contribution is 2.32. The summed E-state index contributed by atoms with van der Waals surface area (Å²) in [6.45, 7) is 2.15. The van der Waals surface area contributed by atoms with Crippen molar-refractivity contribution in [3.8, 4) is 0 Å². The predicted molar refractivity (Wildman–Crippen MR) is 80.7 cm³/mol. The summed E-state index contributed by atoms with van der Waals surface area (Å²) in [5.74, 6) is -0.653. The van der Waals surface area contributed by atoms with Gasteiger partial charge in [0.15, 0.2) is 0 Å². The summed E-state index contributed by atoms with van der Waals surface area (Å²) >= 11 is 1.46. The predicted octanol–water partition coefficient (Wildman–Crippen LogP) is -0.127. The van der Waals surface area contributed by atoms with Gasteiger partial charge in [-0.2, -0.15) is 0 Å². The largest absolute Gasteiger partial charge is 0.480 e. The van der Waals surface area contributed by atoms with Crippen molar-refractivity contribution in [2.24, 2.45) is 0 Å². The number of carbonyl (C=O) groups is 2. The smallest absolute Gasteiger partial charge is 0.327 e. The molecule has 2 atom stereocenters. The van der Waals surface area contributed by atoms with E-state index in [1.165, 1.54) is 16.7 Å². The maximum absolute atomic E-state index is 12.1. The third-order valence-electron chi connectivity index (χ3n) is 2.91. The van der Waals surface area contributed by atoms with Crippen molar-refractivity contribution < 1.29 is 23.1 Å². The number of carbonyl (C=O) groups excluding carboxylic acids is 1. The number of hydrogen-bond donors (Lipinski definition) is 3. The first-order valence-electron chi connectivity index (χ1n) is 6.61. The van der Waals surface area contributed by atoms with Gasteiger partial charge < -0.3 is 10.4 Å². The second-order valence-corrected chi connectivity index (χ2v) is 7.78. The van der Waals surface area contributed by atoms with Gasteiger partial charge in [0.2, 0.25) is 10.0 Å². The molecule has 8 nitrogen and oxygen atoms in total. The molecule has 1 heterocycles. The van der Waals surface area contributed by atoms with Crippen molar-refractivity contribution in [3.63, 3.8) is 0 Å². The number of rotatable bonds is 7. The van der Waals surface area contributed by atoms with Crippen LogP contribution in [0, 0.1) is 0 Å². The Bertz CT molecular complexity index is 482. The second-order valence-electron chi connectivity index (χ2n) is 4.74. The Morgan fingerprint density at radius 3 is 2.57 bits per heavy atom. The minimum absolute atomic E-state index is 0.0712. The van der Waals surface area contributed by atoms with Gasteiger partial charge in [0.1, 0.15) is 6.04 Å². The molecule has 0 spiro atoms. The number of amides is 2. The molecule has 1 saturated heterocycles. The molecule has 21 heavy (non-hydrogen) atoms. The zero-order chi connectivity index (χ0) is 16.0. The Balaban J connectivity index is 2.56.